The van der Waals surface area contributed by atoms with Crippen molar-refractivity contribution in [1.29, 1.82) is 0 Å². The fourth-order valence-corrected chi connectivity index (χ4v) is 2.15. The molecule has 0 aliphatic carbocycles. The van der Waals surface area contributed by atoms with Gasteiger partial charge in [0, 0.05) is 23.9 Å². The van der Waals surface area contributed by atoms with Gasteiger partial charge in [-0.1, -0.05) is 6.92 Å². The molecule has 1 amide bonds. The van der Waals surface area contributed by atoms with Crippen LogP contribution in [0.15, 0.2) is 0 Å². The molecule has 0 radical (unpaired) electrons. The van der Waals surface area contributed by atoms with Gasteiger partial charge in [0.2, 0.25) is 6.54 Å². The van der Waals surface area contributed by atoms with E-state index in [0.717, 1.165) is 0 Å². The zero-order chi connectivity index (χ0) is 13.9. The molecule has 0 aromatic heterocycles. The Labute approximate surface area is 107 Å². The van der Waals surface area contributed by atoms with Gasteiger partial charge in [-0.2, -0.15) is 0 Å². The molecule has 0 aromatic rings. The Morgan fingerprint density at radius 1 is 1.50 bits per heavy atom. The van der Waals surface area contributed by atoms with Gasteiger partial charge < -0.3 is 9.64 Å². The molecule has 18 heavy (non-hydrogen) atoms. The number of likely N-dealkylation sites (tertiary alicyclic amines) is 1. The van der Waals surface area contributed by atoms with Gasteiger partial charge in [0.1, 0.15) is 5.60 Å². The Hall–Kier alpha value is -1.33. The Morgan fingerprint density at radius 2 is 2.11 bits per heavy atom. The predicted octanol–water partition coefficient (Wildman–Crippen LogP) is 2.16. The standard InChI is InChI=1S/C12H22N2O4/c1-9-7-13(11(15)18-12(2,3)4)6-5-10(9)8-14(16)17/h9-10H,5-8H2,1-4H3. The Bertz CT molecular complexity index is 325. The lowest BCUT2D eigenvalue weighted by Crippen LogP contribution is -2.46. The summed E-state index contributed by atoms with van der Waals surface area (Å²) < 4.78 is 5.29. The second-order valence-corrected chi connectivity index (χ2v) is 5.97. The molecule has 0 N–H and O–H groups in total. The maximum absolute atomic E-state index is 11.9. The highest BCUT2D eigenvalue weighted by molar-refractivity contribution is 5.68. The fourth-order valence-electron chi connectivity index (χ4n) is 2.15. The molecule has 1 heterocycles. The quantitative estimate of drug-likeness (QED) is 0.562. The number of amides is 1. The molecule has 2 atom stereocenters. The summed E-state index contributed by atoms with van der Waals surface area (Å²) >= 11 is 0. The number of ether oxygens (including phenoxy) is 1. The van der Waals surface area contributed by atoms with Crippen LogP contribution in [0, 0.1) is 22.0 Å². The molecule has 2 unspecified atom stereocenters. The number of nitro groups is 1. The molecular formula is C12H22N2O4. The van der Waals surface area contributed by atoms with Crippen molar-refractivity contribution >= 4 is 6.09 Å². The van der Waals surface area contributed by atoms with Crippen LogP contribution in [-0.2, 0) is 4.74 Å². The number of piperidine rings is 1. The number of rotatable bonds is 2. The lowest BCUT2D eigenvalue weighted by atomic mass is 9.87. The van der Waals surface area contributed by atoms with Crippen molar-refractivity contribution in [2.45, 2.75) is 39.7 Å². The molecule has 1 rings (SSSR count). The van der Waals surface area contributed by atoms with Gasteiger partial charge in [0.05, 0.1) is 0 Å². The minimum Gasteiger partial charge on any atom is -0.444 e. The molecule has 0 aromatic carbocycles. The van der Waals surface area contributed by atoms with Crippen LogP contribution >= 0.6 is 0 Å². The maximum Gasteiger partial charge on any atom is 0.410 e. The van der Waals surface area contributed by atoms with Crippen molar-refractivity contribution < 1.29 is 14.5 Å². The van der Waals surface area contributed by atoms with Crippen molar-refractivity contribution in [3.8, 4) is 0 Å². The van der Waals surface area contributed by atoms with Gasteiger partial charge in [-0.05, 0) is 33.1 Å². The van der Waals surface area contributed by atoms with E-state index in [4.69, 9.17) is 4.74 Å². The smallest absolute Gasteiger partial charge is 0.410 e. The van der Waals surface area contributed by atoms with E-state index >= 15 is 0 Å². The molecule has 1 fully saturated rings. The number of carbonyl (C=O) groups is 1. The highest BCUT2D eigenvalue weighted by Gasteiger charge is 2.33. The Balaban J connectivity index is 2.50. The second-order valence-electron chi connectivity index (χ2n) is 5.97. The zero-order valence-electron chi connectivity index (χ0n) is 11.5. The van der Waals surface area contributed by atoms with Gasteiger partial charge in [-0.15, -0.1) is 0 Å². The molecule has 6 nitrogen and oxygen atoms in total. The Kier molecular flexibility index (Phi) is 4.53. The van der Waals surface area contributed by atoms with Crippen LogP contribution in [-0.4, -0.2) is 41.2 Å². The third-order valence-electron chi connectivity index (χ3n) is 3.12. The van der Waals surface area contributed by atoms with Gasteiger partial charge in [0.15, 0.2) is 0 Å². The van der Waals surface area contributed by atoms with Gasteiger partial charge in [0.25, 0.3) is 0 Å². The maximum atomic E-state index is 11.9. The largest absolute Gasteiger partial charge is 0.444 e. The molecule has 0 saturated carbocycles. The van der Waals surface area contributed by atoms with Crippen molar-refractivity contribution in [2.75, 3.05) is 19.6 Å². The highest BCUT2D eigenvalue weighted by atomic mass is 16.6. The second kappa shape index (κ2) is 5.54. The number of carbonyl (C=O) groups excluding carboxylic acids is 1. The van der Waals surface area contributed by atoms with E-state index in [0.29, 0.717) is 19.5 Å². The van der Waals surface area contributed by atoms with E-state index in [1.807, 2.05) is 27.7 Å². The van der Waals surface area contributed by atoms with Gasteiger partial charge >= 0.3 is 6.09 Å². The topological polar surface area (TPSA) is 72.7 Å². The lowest BCUT2D eigenvalue weighted by Gasteiger charge is -2.36. The zero-order valence-corrected chi connectivity index (χ0v) is 11.5. The first-order valence-electron chi connectivity index (χ1n) is 6.29. The van der Waals surface area contributed by atoms with Crippen LogP contribution in [0.3, 0.4) is 0 Å². The van der Waals surface area contributed by atoms with E-state index in [1.54, 1.807) is 4.90 Å². The Morgan fingerprint density at radius 3 is 2.56 bits per heavy atom. The van der Waals surface area contributed by atoms with Crippen LogP contribution in [0.4, 0.5) is 4.79 Å². The number of nitrogens with zero attached hydrogens (tertiary/aromatic N) is 2. The lowest BCUT2D eigenvalue weighted by molar-refractivity contribution is -0.490. The highest BCUT2D eigenvalue weighted by Crippen LogP contribution is 2.24. The van der Waals surface area contributed by atoms with Gasteiger partial charge in [-0.3, -0.25) is 10.1 Å². The SMILES string of the molecule is CC1CN(C(=O)OC(C)(C)C)CCC1C[N+](=O)[O-]. The van der Waals surface area contributed by atoms with Crippen molar-refractivity contribution in [3.63, 3.8) is 0 Å². The fraction of sp³-hybridized carbons (Fsp3) is 0.917. The van der Waals surface area contributed by atoms with Crippen LogP contribution < -0.4 is 0 Å². The molecule has 6 heteroatoms. The molecular weight excluding hydrogens is 236 g/mol. The van der Waals surface area contributed by atoms with Crippen molar-refractivity contribution in [2.24, 2.45) is 11.8 Å². The summed E-state index contributed by atoms with van der Waals surface area (Å²) in [6, 6.07) is 0. The van der Waals surface area contributed by atoms with E-state index < -0.39 is 5.60 Å². The van der Waals surface area contributed by atoms with Crippen LogP contribution in [0.5, 0.6) is 0 Å². The average Bonchev–Trinajstić information content (AvgIpc) is 2.17. The van der Waals surface area contributed by atoms with E-state index in [-0.39, 0.29) is 29.4 Å². The minimum absolute atomic E-state index is 0.0106. The monoisotopic (exact) mass is 258 g/mol. The first kappa shape index (κ1) is 14.7. The van der Waals surface area contributed by atoms with Gasteiger partial charge in [-0.25, -0.2) is 4.79 Å². The molecule has 0 spiro atoms. The summed E-state index contributed by atoms with van der Waals surface area (Å²) in [5, 5.41) is 10.5. The molecule has 1 aliphatic heterocycles. The first-order valence-corrected chi connectivity index (χ1v) is 6.29. The van der Waals surface area contributed by atoms with Crippen LogP contribution in [0.2, 0.25) is 0 Å². The van der Waals surface area contributed by atoms with Crippen LogP contribution in [0.25, 0.3) is 0 Å². The third-order valence-corrected chi connectivity index (χ3v) is 3.12. The summed E-state index contributed by atoms with van der Waals surface area (Å²) in [6.45, 7) is 8.49. The first-order chi connectivity index (χ1) is 8.19. The van der Waals surface area contributed by atoms with E-state index in [1.165, 1.54) is 0 Å². The molecule has 1 saturated heterocycles. The molecule has 104 valence electrons. The summed E-state index contributed by atoms with van der Waals surface area (Å²) in [5.41, 5.74) is -0.502. The third kappa shape index (κ3) is 4.50. The summed E-state index contributed by atoms with van der Waals surface area (Å²) in [7, 11) is 0. The van der Waals surface area contributed by atoms with E-state index in [2.05, 4.69) is 0 Å². The molecule has 0 bridgehead atoms. The number of hydrogen-bond acceptors (Lipinski definition) is 4. The average molecular weight is 258 g/mol. The summed E-state index contributed by atoms with van der Waals surface area (Å²) in [6.07, 6.45) is 0.343. The normalized spacial score (nSPS) is 24.8. The predicted molar refractivity (Wildman–Crippen MR) is 66.9 cm³/mol. The van der Waals surface area contributed by atoms with Crippen molar-refractivity contribution in [3.05, 3.63) is 10.1 Å². The summed E-state index contributed by atoms with van der Waals surface area (Å²) in [5.74, 6) is 0.190. The minimum atomic E-state index is -0.502. The van der Waals surface area contributed by atoms with E-state index in [9.17, 15) is 14.9 Å². The number of hydrogen-bond donors (Lipinski definition) is 0. The summed E-state index contributed by atoms with van der Waals surface area (Å²) in [4.78, 5) is 23.7. The molecule has 1 aliphatic rings. The van der Waals surface area contributed by atoms with Crippen LogP contribution in [0.1, 0.15) is 34.1 Å². The van der Waals surface area contributed by atoms with Crippen molar-refractivity contribution in [1.82, 2.24) is 4.90 Å².